The maximum atomic E-state index is 2.70. The van der Waals surface area contributed by atoms with Crippen LogP contribution in [0.4, 0.5) is 0 Å². The van der Waals surface area contributed by atoms with Gasteiger partial charge in [0.1, 0.15) is 0 Å². The van der Waals surface area contributed by atoms with Crippen molar-refractivity contribution in [3.05, 3.63) is 294 Å². The zero-order valence-corrected chi connectivity index (χ0v) is 57.1. The molecule has 2 aliphatic rings. The molecule has 12 aromatic carbocycles. The molecule has 0 N–H and O–H groups in total. The van der Waals surface area contributed by atoms with Crippen molar-refractivity contribution in [1.82, 2.24) is 18.1 Å². The van der Waals surface area contributed by atoms with E-state index in [9.17, 15) is 0 Å². The molecule has 0 atom stereocenters. The van der Waals surface area contributed by atoms with E-state index in [4.69, 9.17) is 0 Å². The highest BCUT2D eigenvalue weighted by Crippen LogP contribution is 2.53. The van der Waals surface area contributed by atoms with Crippen molar-refractivity contribution >= 4 is 104 Å². The van der Waals surface area contributed by atoms with E-state index in [1.807, 2.05) is 0 Å². The summed E-state index contributed by atoms with van der Waals surface area (Å²) in [6.45, 7) is 33.0. The lowest BCUT2D eigenvalue weighted by atomic mass is 9.74. The lowest BCUT2D eigenvalue weighted by Crippen LogP contribution is -2.26. The lowest BCUT2D eigenvalue weighted by Gasteiger charge is -2.35. The van der Waals surface area contributed by atoms with Crippen molar-refractivity contribution in [2.75, 3.05) is 0 Å². The summed E-state index contributed by atoms with van der Waals surface area (Å²) in [7, 11) is 0. The first-order valence-electron chi connectivity index (χ1n) is 34.3. The minimum Gasteiger partial charge on any atom is -0.309 e. The highest BCUT2D eigenvalue weighted by molar-refractivity contribution is 6.32. The van der Waals surface area contributed by atoms with Gasteiger partial charge in [0.05, 0.1) is 55.3 Å². The van der Waals surface area contributed by atoms with E-state index in [2.05, 4.69) is 333 Å². The minimum absolute atomic E-state index is 0.0128. The third-order valence-electron chi connectivity index (χ3n) is 22.4. The molecule has 462 valence electrons. The van der Waals surface area contributed by atoms with E-state index in [-0.39, 0.29) is 27.1 Å². The molecule has 4 heteroatoms. The van der Waals surface area contributed by atoms with Gasteiger partial charge in [0, 0.05) is 75.9 Å². The van der Waals surface area contributed by atoms with Gasteiger partial charge in [0.25, 0.3) is 0 Å². The summed E-state index contributed by atoms with van der Waals surface area (Å²) in [4.78, 5) is 0. The van der Waals surface area contributed by atoms with E-state index in [1.165, 1.54) is 190 Å². The average molecular weight is 1230 g/mol. The quantitative estimate of drug-likeness (QED) is 0.164. The van der Waals surface area contributed by atoms with E-state index in [1.54, 1.807) is 0 Å². The number of hydrogen-bond donors (Lipinski definition) is 0. The number of aromatic nitrogens is 4. The van der Waals surface area contributed by atoms with Gasteiger partial charge in [-0.15, -0.1) is 0 Å². The van der Waals surface area contributed by atoms with Crippen LogP contribution in [0.3, 0.4) is 0 Å². The third-order valence-corrected chi connectivity index (χ3v) is 22.4. The van der Waals surface area contributed by atoms with Crippen LogP contribution in [0.2, 0.25) is 0 Å². The highest BCUT2D eigenvalue weighted by atomic mass is 15.0. The van der Waals surface area contributed by atoms with Gasteiger partial charge in [0.2, 0.25) is 0 Å². The molecule has 0 fully saturated rings. The second kappa shape index (κ2) is 18.6. The van der Waals surface area contributed by atoms with E-state index < -0.39 is 0 Å². The predicted molar refractivity (Wildman–Crippen MR) is 401 cm³/mol. The Kier molecular flexibility index (Phi) is 11.0. The molecule has 4 nitrogen and oxygen atoms in total. The molecule has 1 aliphatic carbocycles. The first-order chi connectivity index (χ1) is 45.4. The van der Waals surface area contributed by atoms with Crippen LogP contribution in [0, 0.1) is 41.7 Å². The largest absolute Gasteiger partial charge is 0.309 e. The molecular weight excluding hydrogens is 1150 g/mol. The first-order valence-corrected chi connectivity index (χ1v) is 34.3. The fourth-order valence-electron chi connectivity index (χ4n) is 17.4. The topological polar surface area (TPSA) is 19.2 Å². The van der Waals surface area contributed by atoms with Gasteiger partial charge in [-0.05, 0) is 177 Å². The van der Waals surface area contributed by atoms with Crippen LogP contribution in [0.5, 0.6) is 0 Å². The Labute approximate surface area is 552 Å². The Bertz CT molecular complexity index is 6620. The van der Waals surface area contributed by atoms with Crippen molar-refractivity contribution in [3.63, 3.8) is 0 Å². The fourth-order valence-corrected chi connectivity index (χ4v) is 17.4. The third kappa shape index (κ3) is 7.60. The Balaban J connectivity index is 1.04. The molecule has 6 heterocycles. The van der Waals surface area contributed by atoms with Crippen molar-refractivity contribution in [1.29, 1.82) is 0 Å². The van der Waals surface area contributed by atoms with Crippen molar-refractivity contribution in [2.24, 2.45) is 0 Å². The van der Waals surface area contributed by atoms with Gasteiger partial charge in [0.15, 0.2) is 0 Å². The zero-order chi connectivity index (χ0) is 65.0. The fraction of sp³-hybridized carbons (Fsp3) is 0.209. The Morgan fingerprint density at radius 1 is 0.263 bits per heavy atom. The molecule has 0 spiro atoms. The summed E-state index contributed by atoms with van der Waals surface area (Å²) >= 11 is 0. The molecule has 1 aliphatic heterocycles. The van der Waals surface area contributed by atoms with E-state index >= 15 is 0 Å². The van der Waals surface area contributed by atoms with E-state index in [0.717, 1.165) is 5.69 Å². The SMILES string of the molecule is CC(C)(C)c1ccc2c(c1)c1cc(C(C)(C)C)ccc1n2-c1cc2c3c(c1)c1ccc4c(c5cc(-n6c7ccc(C(C)(C)C)cc7c7cc(C(C)(C)C)ccc76)cc6c7ccc8c(c7n4c65)=c4ccccc4=c4ccccc4=c4ccccc4=8)c1n3-c1ccccc1C2(C)C. The van der Waals surface area contributed by atoms with Crippen LogP contribution < -0.4 is 0 Å². The van der Waals surface area contributed by atoms with E-state index in [0.29, 0.717) is 0 Å². The van der Waals surface area contributed by atoms with Crippen molar-refractivity contribution in [2.45, 2.75) is 124 Å². The second-order valence-corrected chi connectivity index (χ2v) is 32.6. The molecule has 5 aromatic heterocycles. The minimum atomic E-state index is -0.348. The second-order valence-electron chi connectivity index (χ2n) is 32.6. The molecule has 17 aromatic rings. The van der Waals surface area contributed by atoms with Crippen LogP contribution >= 0.6 is 0 Å². The number of rotatable bonds is 2. The summed E-state index contributed by atoms with van der Waals surface area (Å²) in [5.41, 5.74) is 22.2. The monoisotopic (exact) mass is 1230 g/mol. The average Bonchev–Trinajstić information content (AvgIpc) is 1.51. The predicted octanol–water partition coefficient (Wildman–Crippen LogP) is 23.4. The van der Waals surface area contributed by atoms with Gasteiger partial charge >= 0.3 is 0 Å². The molecule has 0 bridgehead atoms. The molecule has 95 heavy (non-hydrogen) atoms. The summed E-state index contributed by atoms with van der Waals surface area (Å²) < 4.78 is 10.6. The maximum absolute atomic E-state index is 2.70. The zero-order valence-electron chi connectivity index (χ0n) is 57.1. The first kappa shape index (κ1) is 56.4. The van der Waals surface area contributed by atoms with Gasteiger partial charge < -0.3 is 18.1 Å². The summed E-state index contributed by atoms with van der Waals surface area (Å²) in [5.74, 6) is 0. The molecule has 0 radical (unpaired) electrons. The molecule has 19 rings (SSSR count). The number of para-hydroxylation sites is 1. The lowest BCUT2D eigenvalue weighted by molar-refractivity contribution is 0.590. The Hall–Kier alpha value is -10.2. The Morgan fingerprint density at radius 3 is 1.13 bits per heavy atom. The van der Waals surface area contributed by atoms with Crippen LogP contribution in [0.1, 0.15) is 130 Å². The van der Waals surface area contributed by atoms with Crippen LogP contribution in [-0.2, 0) is 27.1 Å². The van der Waals surface area contributed by atoms with Gasteiger partial charge in [-0.3, -0.25) is 0 Å². The van der Waals surface area contributed by atoms with Gasteiger partial charge in [-0.25, -0.2) is 0 Å². The maximum Gasteiger partial charge on any atom is 0.0641 e. The highest BCUT2D eigenvalue weighted by Gasteiger charge is 2.38. The van der Waals surface area contributed by atoms with Crippen LogP contribution in [0.15, 0.2) is 218 Å². The molecule has 0 amide bonds. The summed E-state index contributed by atoms with van der Waals surface area (Å²) in [6.07, 6.45) is 0. The Morgan fingerprint density at radius 2 is 0.642 bits per heavy atom. The number of hydrogen-bond acceptors (Lipinski definition) is 0. The van der Waals surface area contributed by atoms with Crippen LogP contribution in [-0.4, -0.2) is 18.1 Å². The van der Waals surface area contributed by atoms with Crippen molar-refractivity contribution in [3.8, 4) is 17.1 Å². The number of fused-ring (bicyclic) bond motifs is 23. The van der Waals surface area contributed by atoms with Gasteiger partial charge in [-0.1, -0.05) is 230 Å². The molecule has 0 saturated carbocycles. The van der Waals surface area contributed by atoms with Crippen molar-refractivity contribution < 1.29 is 0 Å². The normalized spacial score (nSPS) is 14.1. The number of benzene rings is 12. The summed E-state index contributed by atoms with van der Waals surface area (Å²) in [5, 5.41) is 22.7. The summed E-state index contributed by atoms with van der Waals surface area (Å²) in [6, 6.07) is 85.8. The standard InChI is InChI=1S/C91H78N4/c1-87(2,3)51-31-38-75-66(43-51)67-44-52(88(4,5)6)32-39-76(67)92(75)55-47-70-64-36-35-63-61-27-18-17-25-59(61)57-23-15-16-24-58(57)60-26-19-20-28-62(60)81(63)85(64)95-80-42-37-65-71-48-56(93-77-40-33-53(89(7,8)9)45-68(77)69-46-54(90(10,11)12)34-41-78(69)93)50-74-84(71)94(86(65)82(80)72(49-55)83(70)95)79-30-22-21-29-73(79)91(74,13)14/h15-50H,1-14H3. The van der Waals surface area contributed by atoms with Crippen LogP contribution in [0.25, 0.3) is 121 Å². The van der Waals surface area contributed by atoms with Gasteiger partial charge in [-0.2, -0.15) is 0 Å². The molecule has 0 unspecified atom stereocenters. The molecular formula is C91H78N4. The number of nitrogens with zero attached hydrogens (tertiary/aromatic N) is 4. The smallest absolute Gasteiger partial charge is 0.0641 e. The molecule has 0 saturated heterocycles.